The standard InChI is InChI=1S/C26H25N7O3/c27-13-17-11-18-1-2-22(33(18)31-14-17)21-12-20(32-25-3-6-26(35,7-4-25)8-5-25)19(15-29-21)24(34)30-16-23-28-9-10-36-23/h1-2,9-12,14-15,35H,3-8,16H2,(H,29,32)(H,30,34). The summed E-state index contributed by atoms with van der Waals surface area (Å²) in [4.78, 5) is 21.8. The number of nitrogens with zero attached hydrogens (tertiary/aromatic N) is 5. The molecule has 0 aliphatic heterocycles. The van der Waals surface area contributed by atoms with Crippen molar-refractivity contribution in [1.82, 2.24) is 24.9 Å². The fraction of sp³-hybridized carbons (Fsp3) is 0.346. The minimum Gasteiger partial charge on any atom is -0.447 e. The molecule has 7 rings (SSSR count). The van der Waals surface area contributed by atoms with E-state index in [1.807, 2.05) is 18.2 Å². The number of amides is 1. The Bertz CT molecular complexity index is 1460. The van der Waals surface area contributed by atoms with Crippen LogP contribution in [0.1, 0.15) is 60.3 Å². The predicted octanol–water partition coefficient (Wildman–Crippen LogP) is 3.44. The highest BCUT2D eigenvalue weighted by molar-refractivity contribution is 6.00. The molecule has 0 unspecified atom stereocenters. The Kier molecular flexibility index (Phi) is 5.23. The Balaban J connectivity index is 1.36. The zero-order valence-electron chi connectivity index (χ0n) is 19.6. The summed E-state index contributed by atoms with van der Waals surface area (Å²) in [7, 11) is 0. The van der Waals surface area contributed by atoms with Crippen molar-refractivity contribution in [1.29, 1.82) is 5.26 Å². The molecule has 3 fully saturated rings. The van der Waals surface area contributed by atoms with Gasteiger partial charge < -0.3 is 20.2 Å². The normalized spacial score (nSPS) is 22.9. The molecule has 4 aromatic heterocycles. The van der Waals surface area contributed by atoms with Crippen LogP contribution in [-0.2, 0) is 6.54 Å². The Labute approximate surface area is 207 Å². The molecule has 2 bridgehead atoms. The van der Waals surface area contributed by atoms with Crippen LogP contribution in [0.3, 0.4) is 0 Å². The number of rotatable bonds is 6. The smallest absolute Gasteiger partial charge is 0.255 e. The summed E-state index contributed by atoms with van der Waals surface area (Å²) in [5, 5.41) is 30.8. The fourth-order valence-corrected chi connectivity index (χ4v) is 5.36. The van der Waals surface area contributed by atoms with E-state index < -0.39 is 5.60 Å². The van der Waals surface area contributed by atoms with Crippen LogP contribution in [0.4, 0.5) is 5.69 Å². The zero-order valence-corrected chi connectivity index (χ0v) is 19.6. The van der Waals surface area contributed by atoms with Crippen LogP contribution in [0.2, 0.25) is 0 Å². The first-order valence-electron chi connectivity index (χ1n) is 12.0. The van der Waals surface area contributed by atoms with E-state index in [4.69, 9.17) is 4.42 Å². The first-order chi connectivity index (χ1) is 17.5. The minimum absolute atomic E-state index is 0.166. The van der Waals surface area contributed by atoms with Crippen molar-refractivity contribution in [3.05, 3.63) is 66.1 Å². The molecule has 10 nitrogen and oxygen atoms in total. The highest BCUT2D eigenvalue weighted by atomic mass is 16.3. The Morgan fingerprint density at radius 2 is 1.94 bits per heavy atom. The molecule has 10 heteroatoms. The van der Waals surface area contributed by atoms with E-state index in [2.05, 4.69) is 31.8 Å². The van der Waals surface area contributed by atoms with Crippen LogP contribution in [0.5, 0.6) is 0 Å². The molecule has 0 atom stereocenters. The third-order valence-corrected chi connectivity index (χ3v) is 7.53. The van der Waals surface area contributed by atoms with Crippen molar-refractivity contribution >= 4 is 17.1 Å². The Morgan fingerprint density at radius 3 is 2.67 bits per heavy atom. The molecule has 3 N–H and O–H groups in total. The highest BCUT2D eigenvalue weighted by Crippen LogP contribution is 2.48. The lowest BCUT2D eigenvalue weighted by Crippen LogP contribution is -2.54. The maximum atomic E-state index is 13.2. The average molecular weight is 484 g/mol. The van der Waals surface area contributed by atoms with Gasteiger partial charge in [-0.3, -0.25) is 9.78 Å². The summed E-state index contributed by atoms with van der Waals surface area (Å²) < 4.78 is 6.97. The monoisotopic (exact) mass is 483 g/mol. The largest absolute Gasteiger partial charge is 0.447 e. The number of anilines is 1. The van der Waals surface area contributed by atoms with E-state index in [0.717, 1.165) is 49.7 Å². The number of aliphatic hydroxyl groups is 1. The summed E-state index contributed by atoms with van der Waals surface area (Å²) in [6.45, 7) is 0.166. The van der Waals surface area contributed by atoms with E-state index in [9.17, 15) is 15.2 Å². The van der Waals surface area contributed by atoms with E-state index in [0.29, 0.717) is 28.4 Å². The first-order valence-corrected chi connectivity index (χ1v) is 12.0. The summed E-state index contributed by atoms with van der Waals surface area (Å²) in [5.41, 5.74) is 3.04. The van der Waals surface area contributed by atoms with Crippen LogP contribution in [-0.4, -0.2) is 41.7 Å². The molecule has 4 heterocycles. The molecule has 0 saturated heterocycles. The second kappa shape index (κ2) is 8.46. The molecule has 0 spiro atoms. The van der Waals surface area contributed by atoms with Gasteiger partial charge in [-0.05, 0) is 62.8 Å². The molecule has 0 radical (unpaired) electrons. The van der Waals surface area contributed by atoms with Gasteiger partial charge in [-0.1, -0.05) is 0 Å². The number of fused-ring (bicyclic) bond motifs is 4. The van der Waals surface area contributed by atoms with Crippen LogP contribution in [0.15, 0.2) is 53.5 Å². The summed E-state index contributed by atoms with van der Waals surface area (Å²) in [6, 6.07) is 9.54. The Hall–Kier alpha value is -4.23. The van der Waals surface area contributed by atoms with Gasteiger partial charge in [-0.15, -0.1) is 0 Å². The number of hydrogen-bond acceptors (Lipinski definition) is 8. The van der Waals surface area contributed by atoms with Gasteiger partial charge >= 0.3 is 0 Å². The van der Waals surface area contributed by atoms with Crippen molar-refractivity contribution in [2.75, 3.05) is 5.32 Å². The lowest BCUT2D eigenvalue weighted by Gasteiger charge is -2.51. The number of nitriles is 1. The van der Waals surface area contributed by atoms with Crippen LogP contribution < -0.4 is 10.6 Å². The van der Waals surface area contributed by atoms with Gasteiger partial charge in [0.05, 0.1) is 58.3 Å². The molecular weight excluding hydrogens is 458 g/mol. The quantitative estimate of drug-likeness (QED) is 0.379. The van der Waals surface area contributed by atoms with E-state index in [-0.39, 0.29) is 18.0 Å². The number of pyridine rings is 1. The minimum atomic E-state index is -0.554. The first kappa shape index (κ1) is 22.2. The van der Waals surface area contributed by atoms with Gasteiger partial charge in [0.1, 0.15) is 12.3 Å². The average Bonchev–Trinajstić information content (AvgIpc) is 3.58. The van der Waals surface area contributed by atoms with Gasteiger partial charge in [0.25, 0.3) is 5.91 Å². The second-order valence-corrected chi connectivity index (χ2v) is 9.76. The topological polar surface area (TPSA) is 141 Å². The number of hydrogen-bond donors (Lipinski definition) is 3. The van der Waals surface area contributed by atoms with Crippen molar-refractivity contribution < 1.29 is 14.3 Å². The molecule has 36 heavy (non-hydrogen) atoms. The number of aromatic nitrogens is 4. The van der Waals surface area contributed by atoms with E-state index in [1.165, 1.54) is 18.7 Å². The Morgan fingerprint density at radius 1 is 1.14 bits per heavy atom. The predicted molar refractivity (Wildman–Crippen MR) is 130 cm³/mol. The fourth-order valence-electron chi connectivity index (χ4n) is 5.36. The number of carbonyl (C=O) groups excluding carboxylic acids is 1. The molecule has 0 aromatic carbocycles. The molecular formula is C26H25N7O3. The second-order valence-electron chi connectivity index (χ2n) is 9.76. The molecule has 3 aliphatic rings. The molecule has 3 aliphatic carbocycles. The lowest BCUT2D eigenvalue weighted by atomic mass is 9.63. The molecule has 3 saturated carbocycles. The van der Waals surface area contributed by atoms with Gasteiger partial charge in [-0.25, -0.2) is 9.50 Å². The van der Waals surface area contributed by atoms with E-state index >= 15 is 0 Å². The van der Waals surface area contributed by atoms with Crippen LogP contribution in [0.25, 0.3) is 16.9 Å². The van der Waals surface area contributed by atoms with Gasteiger partial charge in [0.2, 0.25) is 5.89 Å². The summed E-state index contributed by atoms with van der Waals surface area (Å²) in [6.07, 6.45) is 10.9. The lowest BCUT2D eigenvalue weighted by molar-refractivity contribution is -0.0580. The summed E-state index contributed by atoms with van der Waals surface area (Å²) >= 11 is 0. The maximum Gasteiger partial charge on any atom is 0.255 e. The number of carbonyl (C=O) groups is 1. The number of oxazole rings is 1. The van der Waals surface area contributed by atoms with Gasteiger partial charge in [-0.2, -0.15) is 10.4 Å². The van der Waals surface area contributed by atoms with Crippen LogP contribution in [0, 0.1) is 11.3 Å². The van der Waals surface area contributed by atoms with E-state index in [1.54, 1.807) is 16.8 Å². The zero-order chi connectivity index (χ0) is 24.8. The molecule has 1 amide bonds. The highest BCUT2D eigenvalue weighted by Gasteiger charge is 2.48. The van der Waals surface area contributed by atoms with Gasteiger partial charge in [0.15, 0.2) is 0 Å². The third-order valence-electron chi connectivity index (χ3n) is 7.53. The molecule has 4 aromatic rings. The number of nitrogens with one attached hydrogen (secondary N) is 2. The third kappa shape index (κ3) is 3.97. The summed E-state index contributed by atoms with van der Waals surface area (Å²) in [5.74, 6) is 0.133. The van der Waals surface area contributed by atoms with Crippen molar-refractivity contribution in [2.45, 2.75) is 56.2 Å². The SMILES string of the molecule is N#Cc1cnn2c(-c3cc(NC45CCC(O)(CC4)CC5)c(C(=O)NCc4ncco4)cn3)ccc2c1. The van der Waals surface area contributed by atoms with Crippen molar-refractivity contribution in [3.63, 3.8) is 0 Å². The van der Waals surface area contributed by atoms with Gasteiger partial charge in [0, 0.05) is 11.7 Å². The van der Waals surface area contributed by atoms with Crippen molar-refractivity contribution in [2.24, 2.45) is 0 Å². The molecule has 182 valence electrons. The van der Waals surface area contributed by atoms with Crippen LogP contribution >= 0.6 is 0 Å². The maximum absolute atomic E-state index is 13.2. The van der Waals surface area contributed by atoms with Crippen molar-refractivity contribution in [3.8, 4) is 17.5 Å².